The molecule has 19 N–H and O–H groups in total. The molecule has 12 rings (SSSR count). The number of nitrogens with one attached hydrogen (secondary N) is 13. The van der Waals surface area contributed by atoms with Crippen LogP contribution < -0.4 is 70.0 Å². The fourth-order valence-electron chi connectivity index (χ4n) is 16.9. The van der Waals surface area contributed by atoms with Gasteiger partial charge in [-0.05, 0) is 126 Å². The number of aliphatic carboxylic acids is 1. The SMILES string of the molecule is CC(C)[C@@H]1NC(=O)[C@H](Cc2c[nH]c3ccccc23)NC(=O)[C@@H]2CSCCC(=O)N3Cc4cncc(c4)CN(Cc4cncc(c4)CN(Cc4cncc(c4)C3)C(=O)CCSC[C@H](NC(=O)[C@H](C)N)C(=O)N[C@@H]3C(=O)N[C@@H](CCC[C@H]3O)C(=O)N2)C(=O)CCSC[C@@H](C(N)=O)NC(=O)[C@@H]2CCCN2C(=O)[C@H](C(C)C)NC(=O)[C@H](Cc2c[nH]c3ccccc23)NC(=O)CNC(=O)[C@H](CC(=O)O)NC1=O. The summed E-state index contributed by atoms with van der Waals surface area (Å²) < 4.78 is 0. The highest BCUT2D eigenvalue weighted by Gasteiger charge is 2.43. The summed E-state index contributed by atoms with van der Waals surface area (Å²) in [5.74, 6) is -17.0. The van der Waals surface area contributed by atoms with Crippen molar-refractivity contribution in [2.45, 2.75) is 223 Å². The van der Waals surface area contributed by atoms with Gasteiger partial charge in [0.25, 0.3) is 0 Å². The normalized spacial score (nSPS) is 24.6. The molecule has 5 aliphatic heterocycles. The maximum absolute atomic E-state index is 15.6. The Kier molecular flexibility index (Phi) is 36.5. The number of primary amides is 1. The molecule has 0 aliphatic carbocycles. The van der Waals surface area contributed by atoms with Gasteiger partial charge in [0, 0.05) is 184 Å². The van der Waals surface area contributed by atoms with Crippen LogP contribution in [-0.4, -0.2) is 281 Å². The summed E-state index contributed by atoms with van der Waals surface area (Å²) >= 11 is 3.30. The smallest absolute Gasteiger partial charge is 0.305 e. The number of aromatic amines is 2. The predicted octanol–water partition coefficient (Wildman–Crippen LogP) is -0.264. The Bertz CT molecular complexity index is 5620. The number of nitrogens with two attached hydrogens (primary N) is 2. The van der Waals surface area contributed by atoms with Gasteiger partial charge in [-0.15, -0.1) is 0 Å². The second-order valence-electron chi connectivity index (χ2n) is 35.6. The van der Waals surface area contributed by atoms with E-state index < -0.39 is 192 Å². The van der Waals surface area contributed by atoms with E-state index in [9.17, 15) is 67.7 Å². The molecule has 41 nitrogen and oxygen atoms in total. The van der Waals surface area contributed by atoms with Crippen LogP contribution in [0.15, 0.2) is 116 Å². The van der Waals surface area contributed by atoms with Crippen LogP contribution in [0.25, 0.3) is 21.8 Å². The van der Waals surface area contributed by atoms with Gasteiger partial charge in [-0.3, -0.25) is 96.5 Å². The standard InChI is InChI=1S/C93H118N22O19S3/c1-50(2)79-91(132)105-68(31-78(121)122)84(125)101-40-74(117)102-66(29-59-38-99-63-14-8-6-12-61(59)63)86(127)110-80(51(3)4)93(134)115-22-11-17-72(115)90(131)106-69(82(95)123)47-135-23-19-75(118)112-41-53-26-55(34-96-32-53)43-113-44-57-28-58(37-98-36-57)46-114(45-56-27-54(42-112)33-97-35-56)77(120)21-25-137-49-71(107-83(124)52(5)94)89(130)111-81-73(116)18-10-16-65(103-92(81)133)85(126)108-70(48-136-24-20-76(113)119)88(129)104-67(87(128)109-79)30-60-39-100-64-15-9-7-13-62(60)64/h6-9,12-15,26-28,32-39,50-52,65-73,79-81,99-100,116H,10-11,16-25,29-31,40-49,94H2,1-5H3,(H2,95,123)(H,101,125)(H,102,117)(H,103,133)(H,104,129)(H,105,132)(H,106,131)(H,107,124)(H,108,126)(H,109,128)(H,110,127)(H,111,130)(H,121,122)/t52-,65-,66-,67-,68-,69-,70-,71-,72-,73+,79-,80-,81-/m0/s1. The van der Waals surface area contributed by atoms with Crippen molar-refractivity contribution in [3.8, 4) is 0 Å². The van der Waals surface area contributed by atoms with E-state index >= 15 is 24.0 Å². The van der Waals surface area contributed by atoms with Crippen molar-refractivity contribution >= 4 is 158 Å². The van der Waals surface area contributed by atoms with Crippen molar-refractivity contribution in [3.63, 3.8) is 0 Å². The zero-order chi connectivity index (χ0) is 98.3. The van der Waals surface area contributed by atoms with Gasteiger partial charge in [-0.2, -0.15) is 35.3 Å². The summed E-state index contributed by atoms with van der Waals surface area (Å²) in [4.78, 5) is 274. The first-order valence-corrected chi connectivity index (χ1v) is 49.1. The van der Waals surface area contributed by atoms with E-state index in [1.807, 2.05) is 12.1 Å². The van der Waals surface area contributed by atoms with Gasteiger partial charge in [-0.1, -0.05) is 64.1 Å². The van der Waals surface area contributed by atoms with Crippen LogP contribution in [0.2, 0.25) is 0 Å². The number of aliphatic hydroxyl groups is 1. The molecule has 13 atom stereocenters. The van der Waals surface area contributed by atoms with Gasteiger partial charge in [0.1, 0.15) is 66.5 Å². The maximum atomic E-state index is 15.6. The maximum Gasteiger partial charge on any atom is 0.305 e. The number of hydrogen-bond donors (Lipinski definition) is 17. The monoisotopic (exact) mass is 1940 g/mol. The Morgan fingerprint density at radius 2 is 0.956 bits per heavy atom. The predicted molar refractivity (Wildman–Crippen MR) is 507 cm³/mol. The Morgan fingerprint density at radius 3 is 1.45 bits per heavy atom. The summed E-state index contributed by atoms with van der Waals surface area (Å²) in [6.07, 6.45) is 9.28. The van der Waals surface area contributed by atoms with Crippen molar-refractivity contribution in [2.24, 2.45) is 23.3 Å². The van der Waals surface area contributed by atoms with E-state index in [0.29, 0.717) is 72.7 Å². The van der Waals surface area contributed by atoms with Crippen LogP contribution >= 0.6 is 35.3 Å². The highest BCUT2D eigenvalue weighted by atomic mass is 32.2. The van der Waals surface area contributed by atoms with E-state index in [-0.39, 0.29) is 150 Å². The van der Waals surface area contributed by atoms with E-state index in [1.54, 1.807) is 133 Å². The molecule has 732 valence electrons. The minimum atomic E-state index is -1.95. The number of carbonyl (C=O) groups excluding carboxylic acids is 16. The van der Waals surface area contributed by atoms with Crippen molar-refractivity contribution in [1.29, 1.82) is 0 Å². The minimum Gasteiger partial charge on any atom is -0.481 e. The van der Waals surface area contributed by atoms with Crippen LogP contribution in [0.5, 0.6) is 0 Å². The quantitative estimate of drug-likeness (QED) is 0.0793. The Labute approximate surface area is 802 Å². The van der Waals surface area contributed by atoms with Crippen molar-refractivity contribution in [2.75, 3.05) is 47.6 Å². The fraction of sp³-hybridized carbons (Fsp3) is 0.484. The first-order chi connectivity index (χ1) is 65.6. The van der Waals surface area contributed by atoms with Crippen molar-refractivity contribution in [1.82, 2.24) is 103 Å². The lowest BCUT2D eigenvalue weighted by molar-refractivity contribution is -0.143. The number of benzene rings is 2. The zero-order valence-electron chi connectivity index (χ0n) is 76.7. The summed E-state index contributed by atoms with van der Waals surface area (Å²) in [6.45, 7) is 6.58. The Hall–Kier alpha value is -13.1. The number of para-hydroxylation sites is 2. The number of carbonyl (C=O) groups is 17. The number of nitrogens with zero attached hydrogens (tertiary/aromatic N) is 7. The summed E-state index contributed by atoms with van der Waals surface area (Å²) in [5.41, 5.74) is 17.6. The van der Waals surface area contributed by atoms with E-state index in [4.69, 9.17) is 11.5 Å². The average Bonchev–Trinajstić information content (AvgIpc) is 1.67. The number of amides is 16. The number of fused-ring (bicyclic) bond motifs is 15. The molecule has 0 saturated carbocycles. The number of aromatic nitrogens is 5. The third kappa shape index (κ3) is 28.6. The molecule has 5 aliphatic rings. The Balaban J connectivity index is 0.920. The second-order valence-corrected chi connectivity index (χ2v) is 39.0. The molecule has 5 aromatic heterocycles. The zero-order valence-corrected chi connectivity index (χ0v) is 79.1. The van der Waals surface area contributed by atoms with Crippen LogP contribution in [-0.2, 0) is 134 Å². The van der Waals surface area contributed by atoms with Gasteiger partial charge in [-0.25, -0.2) is 0 Å². The molecule has 44 heteroatoms. The summed E-state index contributed by atoms with van der Waals surface area (Å²) in [7, 11) is 0. The van der Waals surface area contributed by atoms with E-state index in [0.717, 1.165) is 35.3 Å². The second kappa shape index (κ2) is 48.6. The molecular formula is C93H118N22O19S3. The molecule has 16 amide bonds. The molecule has 0 radical (unpaired) electrons. The summed E-state index contributed by atoms with van der Waals surface area (Å²) in [6, 6.07) is 1.57. The number of carboxylic acid groups (broad SMARTS) is 1. The van der Waals surface area contributed by atoms with Gasteiger partial charge in [0.15, 0.2) is 0 Å². The van der Waals surface area contributed by atoms with Gasteiger partial charge in [0.2, 0.25) is 94.5 Å². The van der Waals surface area contributed by atoms with E-state index in [1.165, 1.54) is 25.7 Å². The number of aliphatic hydroxyl groups excluding tert-OH is 1. The molecule has 12 bridgehead atoms. The molecule has 137 heavy (non-hydrogen) atoms. The third-order valence-corrected chi connectivity index (χ3v) is 27.4. The number of H-pyrrole nitrogens is 2. The third-order valence-electron chi connectivity index (χ3n) is 24.3. The number of hydrogen-bond acceptors (Lipinski definition) is 25. The van der Waals surface area contributed by atoms with Crippen molar-refractivity contribution < 1.29 is 91.7 Å². The van der Waals surface area contributed by atoms with Crippen LogP contribution in [0.4, 0.5) is 0 Å². The molecule has 0 spiro atoms. The van der Waals surface area contributed by atoms with Crippen LogP contribution in [0, 0.1) is 11.8 Å². The molecule has 2 aromatic carbocycles. The van der Waals surface area contributed by atoms with Crippen LogP contribution in [0.1, 0.15) is 137 Å². The van der Waals surface area contributed by atoms with Crippen LogP contribution in [0.3, 0.4) is 0 Å². The molecular weight excluding hydrogens is 1830 g/mol. The molecule has 0 unspecified atom stereocenters. The number of carboxylic acids is 1. The van der Waals surface area contributed by atoms with E-state index in [2.05, 4.69) is 83.4 Å². The minimum absolute atomic E-state index is 0.0411. The Morgan fingerprint density at radius 1 is 0.489 bits per heavy atom. The highest BCUT2D eigenvalue weighted by Crippen LogP contribution is 2.28. The fourth-order valence-corrected chi connectivity index (χ4v) is 19.8. The first-order valence-electron chi connectivity index (χ1n) is 45.6. The largest absolute Gasteiger partial charge is 0.481 e. The van der Waals surface area contributed by atoms with Gasteiger partial charge >= 0.3 is 5.97 Å². The summed E-state index contributed by atoms with van der Waals surface area (Å²) in [5, 5.41) is 52.2. The average molecular weight is 1940 g/mol. The topological polar surface area (TPSA) is 598 Å². The van der Waals surface area contributed by atoms with Gasteiger partial charge < -0.3 is 110 Å². The number of thioether (sulfide) groups is 3. The number of rotatable bonds is 11. The molecule has 7 aromatic rings. The van der Waals surface area contributed by atoms with Gasteiger partial charge in [0.05, 0.1) is 25.1 Å². The lowest BCUT2D eigenvalue weighted by Gasteiger charge is -2.32. The molecule has 10 heterocycles. The number of pyridine rings is 3. The lowest BCUT2D eigenvalue weighted by atomic mass is 9.97. The molecule has 2 saturated heterocycles. The highest BCUT2D eigenvalue weighted by molar-refractivity contribution is 7.99. The lowest BCUT2D eigenvalue weighted by Crippen LogP contribution is -2.63. The molecule has 2 fully saturated rings. The van der Waals surface area contributed by atoms with Crippen molar-refractivity contribution in [3.05, 3.63) is 161 Å². The first kappa shape index (κ1) is 103.